The predicted molar refractivity (Wildman–Crippen MR) is 120 cm³/mol. The Hall–Kier alpha value is -2.35. The molecule has 3 N–H and O–H groups in total. The lowest BCUT2D eigenvalue weighted by Crippen LogP contribution is -2.36. The minimum Gasteiger partial charge on any atom is -0.364 e. The van der Waals surface area contributed by atoms with Gasteiger partial charge in [0.15, 0.2) is 5.13 Å². The number of carbonyl (C=O) groups excluding carboxylic acids is 1. The van der Waals surface area contributed by atoms with E-state index >= 15 is 0 Å². The molecule has 7 nitrogen and oxygen atoms in total. The van der Waals surface area contributed by atoms with Crippen LogP contribution in [0.5, 0.6) is 0 Å². The predicted octanol–water partition coefficient (Wildman–Crippen LogP) is 5.30. The smallest absolute Gasteiger partial charge is 0.262 e. The number of H-pyrrole nitrogens is 1. The van der Waals surface area contributed by atoms with Crippen molar-refractivity contribution in [2.75, 3.05) is 10.6 Å². The van der Waals surface area contributed by atoms with Gasteiger partial charge < -0.3 is 10.3 Å². The van der Waals surface area contributed by atoms with E-state index in [0.29, 0.717) is 16.3 Å². The second-order valence-electron chi connectivity index (χ2n) is 10.5. The van der Waals surface area contributed by atoms with Crippen LogP contribution in [0, 0.1) is 5.41 Å². The third-order valence-corrected chi connectivity index (χ3v) is 5.23. The number of rotatable bonds is 5. The summed E-state index contributed by atoms with van der Waals surface area (Å²) in [6.45, 7) is 17.6. The molecule has 0 saturated carbocycles. The Labute approximate surface area is 176 Å². The molecule has 29 heavy (non-hydrogen) atoms. The van der Waals surface area contributed by atoms with E-state index in [2.05, 4.69) is 81.1 Å². The number of hydrogen-bond acceptors (Lipinski definition) is 5. The molecular formula is C21H32N6OS. The number of nitrogens with one attached hydrogen (secondary N) is 3. The van der Waals surface area contributed by atoms with E-state index in [9.17, 15) is 4.79 Å². The lowest BCUT2D eigenvalue weighted by Gasteiger charge is -2.34. The van der Waals surface area contributed by atoms with Crippen molar-refractivity contribution in [3.63, 3.8) is 0 Å². The van der Waals surface area contributed by atoms with E-state index < -0.39 is 0 Å². The monoisotopic (exact) mass is 416 g/mol. The van der Waals surface area contributed by atoms with Gasteiger partial charge in [0.2, 0.25) is 0 Å². The Balaban J connectivity index is 2.02. The maximum atomic E-state index is 12.8. The molecule has 0 spiro atoms. The molecule has 158 valence electrons. The summed E-state index contributed by atoms with van der Waals surface area (Å²) in [5.74, 6) is 0.673. The fourth-order valence-electron chi connectivity index (χ4n) is 3.89. The van der Waals surface area contributed by atoms with Gasteiger partial charge in [-0.1, -0.05) is 41.5 Å². The lowest BCUT2D eigenvalue weighted by molar-refractivity contribution is 0.102. The van der Waals surface area contributed by atoms with E-state index in [1.165, 1.54) is 11.3 Å². The van der Waals surface area contributed by atoms with Crippen molar-refractivity contribution in [1.82, 2.24) is 19.6 Å². The Morgan fingerprint density at radius 1 is 1.17 bits per heavy atom. The van der Waals surface area contributed by atoms with Crippen molar-refractivity contribution in [3.8, 4) is 0 Å². The van der Waals surface area contributed by atoms with Gasteiger partial charge in [0.1, 0.15) is 17.0 Å². The summed E-state index contributed by atoms with van der Waals surface area (Å²) in [5, 5.41) is 13.5. The fraction of sp³-hybridized carbons (Fsp3) is 0.571. The van der Waals surface area contributed by atoms with Crippen LogP contribution < -0.4 is 10.6 Å². The fourth-order valence-corrected chi connectivity index (χ4v) is 4.41. The minimum atomic E-state index is -0.225. The molecule has 0 aliphatic heterocycles. The molecule has 0 aromatic carbocycles. The molecule has 3 aromatic heterocycles. The highest BCUT2D eigenvalue weighted by molar-refractivity contribution is 7.13. The molecule has 3 aromatic rings. The molecule has 0 fully saturated rings. The molecule has 0 radical (unpaired) electrons. The van der Waals surface area contributed by atoms with Crippen LogP contribution in [0.1, 0.15) is 77.9 Å². The van der Waals surface area contributed by atoms with Crippen LogP contribution in [0.2, 0.25) is 0 Å². The zero-order valence-corrected chi connectivity index (χ0v) is 19.4. The Morgan fingerprint density at radius 2 is 1.86 bits per heavy atom. The molecule has 0 saturated heterocycles. The SMILES string of the molecule is CC(C)(C)CC(C)(C)Nc1c(C(C)(C)C)[nH]c2c(C(=O)Nc3nccs3)cnn12. The van der Waals surface area contributed by atoms with Crippen molar-refractivity contribution in [1.29, 1.82) is 0 Å². The van der Waals surface area contributed by atoms with E-state index in [1.807, 2.05) is 9.90 Å². The second kappa shape index (κ2) is 7.16. The first-order valence-corrected chi connectivity index (χ1v) is 10.7. The van der Waals surface area contributed by atoms with Gasteiger partial charge >= 0.3 is 0 Å². The van der Waals surface area contributed by atoms with Gasteiger partial charge in [-0.05, 0) is 25.7 Å². The van der Waals surface area contributed by atoms with Crippen molar-refractivity contribution in [2.45, 2.75) is 72.8 Å². The number of fused-ring (bicyclic) bond motifs is 1. The van der Waals surface area contributed by atoms with Crippen molar-refractivity contribution >= 4 is 33.8 Å². The number of aromatic amines is 1. The summed E-state index contributed by atoms with van der Waals surface area (Å²) in [5.41, 5.74) is 2.07. The zero-order valence-electron chi connectivity index (χ0n) is 18.6. The first-order chi connectivity index (χ1) is 13.3. The van der Waals surface area contributed by atoms with Gasteiger partial charge in [0.25, 0.3) is 5.91 Å². The van der Waals surface area contributed by atoms with Gasteiger partial charge in [-0.2, -0.15) is 9.61 Å². The van der Waals surface area contributed by atoms with Crippen LogP contribution in [0.15, 0.2) is 17.8 Å². The summed E-state index contributed by atoms with van der Waals surface area (Å²) in [4.78, 5) is 20.4. The third kappa shape index (κ3) is 4.80. The normalized spacial score (nSPS) is 13.1. The Bertz CT molecular complexity index is 999. The summed E-state index contributed by atoms with van der Waals surface area (Å²) in [7, 11) is 0. The lowest BCUT2D eigenvalue weighted by atomic mass is 9.81. The molecule has 3 rings (SSSR count). The molecule has 0 aliphatic rings. The number of imidazole rings is 1. The average molecular weight is 417 g/mol. The highest BCUT2D eigenvalue weighted by atomic mass is 32.1. The van der Waals surface area contributed by atoms with E-state index in [1.54, 1.807) is 12.4 Å². The summed E-state index contributed by atoms with van der Waals surface area (Å²) >= 11 is 1.39. The van der Waals surface area contributed by atoms with Crippen molar-refractivity contribution in [2.24, 2.45) is 5.41 Å². The van der Waals surface area contributed by atoms with Crippen LogP contribution in [0.25, 0.3) is 5.65 Å². The molecule has 0 unspecified atom stereocenters. The van der Waals surface area contributed by atoms with E-state index in [0.717, 1.165) is 17.9 Å². The topological polar surface area (TPSA) is 87.1 Å². The zero-order chi connectivity index (χ0) is 21.6. The molecule has 1 amide bonds. The number of carbonyl (C=O) groups is 1. The molecule has 0 aliphatic carbocycles. The number of aromatic nitrogens is 4. The summed E-state index contributed by atoms with van der Waals surface area (Å²) in [6, 6.07) is 0. The molecule has 3 heterocycles. The minimum absolute atomic E-state index is 0.149. The molecule has 8 heteroatoms. The van der Waals surface area contributed by atoms with E-state index in [-0.39, 0.29) is 22.3 Å². The maximum Gasteiger partial charge on any atom is 0.262 e. The average Bonchev–Trinajstić information content (AvgIpc) is 3.21. The standard InChI is InChI=1S/C21H32N6OS/c1-19(2,3)12-21(7,8)26-16-14(20(4,5)6)24-15-13(11-23-27(15)16)17(28)25-18-22-9-10-29-18/h9-11,24,26H,12H2,1-8H3,(H,22,25,28). The van der Waals surface area contributed by atoms with Gasteiger partial charge in [-0.25, -0.2) is 4.98 Å². The first kappa shape index (κ1) is 21.4. The maximum absolute atomic E-state index is 12.8. The largest absolute Gasteiger partial charge is 0.364 e. The molecular weight excluding hydrogens is 384 g/mol. The van der Waals surface area contributed by atoms with Gasteiger partial charge in [-0.3, -0.25) is 10.1 Å². The van der Waals surface area contributed by atoms with Crippen LogP contribution in [0.3, 0.4) is 0 Å². The first-order valence-electron chi connectivity index (χ1n) is 9.86. The number of anilines is 2. The van der Waals surface area contributed by atoms with Gasteiger partial charge in [0.05, 0.1) is 11.9 Å². The molecule has 0 bridgehead atoms. The third-order valence-electron chi connectivity index (χ3n) is 4.54. The van der Waals surface area contributed by atoms with Crippen molar-refractivity contribution in [3.05, 3.63) is 29.0 Å². The van der Waals surface area contributed by atoms with Crippen LogP contribution in [-0.4, -0.2) is 31.0 Å². The number of amides is 1. The van der Waals surface area contributed by atoms with Crippen LogP contribution in [-0.2, 0) is 5.41 Å². The van der Waals surface area contributed by atoms with E-state index in [4.69, 9.17) is 0 Å². The highest BCUT2D eigenvalue weighted by Crippen LogP contribution is 2.35. The van der Waals surface area contributed by atoms with Crippen LogP contribution >= 0.6 is 11.3 Å². The molecule has 0 atom stereocenters. The highest BCUT2D eigenvalue weighted by Gasteiger charge is 2.32. The Morgan fingerprint density at radius 3 is 2.41 bits per heavy atom. The van der Waals surface area contributed by atoms with Gasteiger partial charge in [0, 0.05) is 22.5 Å². The number of hydrogen-bond donors (Lipinski definition) is 3. The van der Waals surface area contributed by atoms with Gasteiger partial charge in [-0.15, -0.1) is 11.3 Å². The number of thiazole rings is 1. The summed E-state index contributed by atoms with van der Waals surface area (Å²) < 4.78 is 1.81. The Kier molecular flexibility index (Phi) is 5.28. The summed E-state index contributed by atoms with van der Waals surface area (Å²) in [6.07, 6.45) is 4.25. The number of nitrogens with zero attached hydrogens (tertiary/aromatic N) is 3. The van der Waals surface area contributed by atoms with Crippen molar-refractivity contribution < 1.29 is 4.79 Å². The second-order valence-corrected chi connectivity index (χ2v) is 11.3. The van der Waals surface area contributed by atoms with Crippen LogP contribution in [0.4, 0.5) is 10.9 Å². The quantitative estimate of drug-likeness (QED) is 0.527.